The zero-order valence-corrected chi connectivity index (χ0v) is 32.5. The van der Waals surface area contributed by atoms with E-state index in [1.807, 2.05) is 0 Å². The molecule has 0 aliphatic carbocycles. The van der Waals surface area contributed by atoms with Crippen LogP contribution in [-0.2, 0) is 52.8 Å². The minimum absolute atomic E-state index is 0.0108. The fraction of sp³-hybridized carbons (Fsp3) is 0.350. The minimum atomic E-state index is -1.60. The molecule has 0 heterocycles. The van der Waals surface area contributed by atoms with Gasteiger partial charge in [0.2, 0.25) is 41.4 Å². The number of carbonyl (C=O) groups is 7. The van der Waals surface area contributed by atoms with Crippen LogP contribution in [0.3, 0.4) is 0 Å². The molecule has 3 aromatic rings. The number of hydrogen-bond acceptors (Lipinski definition) is 10. The predicted molar refractivity (Wildman–Crippen MR) is 218 cm³/mol. The van der Waals surface area contributed by atoms with E-state index in [2.05, 4.69) is 36.9 Å². The van der Waals surface area contributed by atoms with E-state index in [1.54, 1.807) is 91.0 Å². The third-order valence-corrected chi connectivity index (χ3v) is 8.82. The molecule has 0 spiro atoms. The highest BCUT2D eigenvalue weighted by atomic mass is 16.3. The number of aliphatic imine (C=N–C) groups is 1. The molecule has 19 heteroatoms. The first kappa shape index (κ1) is 46.5. The molecule has 0 saturated heterocycles. The lowest BCUT2D eigenvalue weighted by atomic mass is 10.0. The van der Waals surface area contributed by atoms with Crippen LogP contribution in [0.1, 0.15) is 29.5 Å². The Morgan fingerprint density at radius 3 is 1.41 bits per heavy atom. The van der Waals surface area contributed by atoms with Gasteiger partial charge in [-0.25, -0.2) is 0 Å². The van der Waals surface area contributed by atoms with Crippen LogP contribution in [0.5, 0.6) is 0 Å². The second-order valence-electron chi connectivity index (χ2n) is 13.4. The van der Waals surface area contributed by atoms with Crippen LogP contribution in [0.4, 0.5) is 0 Å². The van der Waals surface area contributed by atoms with Crippen molar-refractivity contribution in [1.82, 2.24) is 31.9 Å². The van der Waals surface area contributed by atoms with Gasteiger partial charge < -0.3 is 59.9 Å². The van der Waals surface area contributed by atoms with E-state index in [1.165, 1.54) is 0 Å². The second-order valence-corrected chi connectivity index (χ2v) is 13.4. The number of nitrogens with zero attached hydrogens (tertiary/aromatic N) is 1. The minimum Gasteiger partial charge on any atom is -0.394 e. The number of rotatable bonds is 24. The molecule has 0 bridgehead atoms. The molecular weight excluding hydrogens is 763 g/mol. The second kappa shape index (κ2) is 24.7. The summed E-state index contributed by atoms with van der Waals surface area (Å²) >= 11 is 0. The largest absolute Gasteiger partial charge is 0.394 e. The zero-order chi connectivity index (χ0) is 43.2. The maximum Gasteiger partial charge on any atom is 0.245 e. The Kier molecular flexibility index (Phi) is 19.5. The van der Waals surface area contributed by atoms with Crippen LogP contribution in [-0.4, -0.2) is 109 Å². The lowest BCUT2D eigenvalue weighted by Crippen LogP contribution is -2.60. The number of primary amides is 1. The van der Waals surface area contributed by atoms with Crippen molar-refractivity contribution in [2.45, 2.75) is 62.3 Å². The van der Waals surface area contributed by atoms with Gasteiger partial charge in [-0.1, -0.05) is 91.0 Å². The maximum absolute atomic E-state index is 14.0. The first-order valence-corrected chi connectivity index (χ1v) is 18.8. The van der Waals surface area contributed by atoms with Gasteiger partial charge in [0.15, 0.2) is 5.96 Å². The van der Waals surface area contributed by atoms with Crippen LogP contribution in [0.2, 0.25) is 0 Å². The van der Waals surface area contributed by atoms with Crippen molar-refractivity contribution in [2.24, 2.45) is 27.9 Å². The summed E-state index contributed by atoms with van der Waals surface area (Å²) < 4.78 is 0. The number of carbonyl (C=O) groups excluding carboxylic acids is 7. The Morgan fingerprint density at radius 2 is 0.949 bits per heavy atom. The van der Waals surface area contributed by atoms with Crippen molar-refractivity contribution >= 4 is 47.3 Å². The average molecular weight is 816 g/mol. The molecular formula is C40H53N11O8. The molecule has 0 saturated carbocycles. The van der Waals surface area contributed by atoms with Crippen molar-refractivity contribution in [2.75, 3.05) is 26.2 Å². The molecule has 0 unspecified atom stereocenters. The summed E-state index contributed by atoms with van der Waals surface area (Å²) in [4.78, 5) is 95.7. The number of hydrogen-bond donors (Lipinski definition) is 11. The quantitative estimate of drug-likeness (QED) is 0.0242. The van der Waals surface area contributed by atoms with Crippen LogP contribution in [0, 0.1) is 0 Å². The van der Waals surface area contributed by atoms with Gasteiger partial charge in [0.1, 0.15) is 30.2 Å². The van der Waals surface area contributed by atoms with Crippen LogP contribution >= 0.6 is 0 Å². The number of guanidine groups is 1. The Labute approximate surface area is 341 Å². The fourth-order valence-corrected chi connectivity index (χ4v) is 5.74. The van der Waals surface area contributed by atoms with Crippen LogP contribution < -0.4 is 54.8 Å². The van der Waals surface area contributed by atoms with E-state index in [4.69, 9.17) is 22.9 Å². The molecule has 59 heavy (non-hydrogen) atoms. The van der Waals surface area contributed by atoms with Crippen molar-refractivity contribution in [1.29, 1.82) is 0 Å². The molecule has 0 radical (unpaired) electrons. The molecule has 0 aromatic heterocycles. The van der Waals surface area contributed by atoms with E-state index in [9.17, 15) is 38.7 Å². The van der Waals surface area contributed by atoms with Crippen molar-refractivity contribution in [3.63, 3.8) is 0 Å². The molecule has 316 valence electrons. The molecule has 19 nitrogen and oxygen atoms in total. The Balaban J connectivity index is 1.83. The van der Waals surface area contributed by atoms with E-state index in [-0.39, 0.29) is 51.2 Å². The van der Waals surface area contributed by atoms with Gasteiger partial charge in [0.05, 0.1) is 19.7 Å². The zero-order valence-electron chi connectivity index (χ0n) is 32.5. The lowest BCUT2D eigenvalue weighted by molar-refractivity contribution is -0.135. The summed E-state index contributed by atoms with van der Waals surface area (Å²) in [6, 6.07) is 19.6. The summed E-state index contributed by atoms with van der Waals surface area (Å²) in [5.41, 5.74) is 23.8. The van der Waals surface area contributed by atoms with Crippen LogP contribution in [0.25, 0.3) is 0 Å². The standard InChI is InChI=1S/C40H53N11O8/c41-22-33(53)46-23-34(54)47-30(20-26-13-6-2-7-14-26)37(57)51-32(24-52)39(59)50-31(21-27-15-8-3-9-16-27)38(58)48-28(17-10-18-45-40(43)44)36(56)49-29(35(42)55)19-25-11-4-1-5-12-25/h1-9,11-16,28-32,52H,10,17-24,41H2,(H2,42,55)(H,46,53)(H,47,54)(H,48,58)(H,49,56)(H,50,59)(H,51,57)(H4,43,44,45)/t28-,29+,30+,31+,32+/m1/s1. The van der Waals surface area contributed by atoms with Gasteiger partial charge in [0.25, 0.3) is 0 Å². The SMILES string of the molecule is NCC(=O)NCC(=O)N[C@@H](Cc1ccccc1)C(=O)N[C@@H](CO)C(=O)N[C@@H](Cc1ccccc1)C(=O)N[C@H](CCCN=C(N)N)C(=O)N[C@@H](Cc1ccccc1)C(N)=O. The molecule has 0 aliphatic rings. The highest BCUT2D eigenvalue weighted by molar-refractivity contribution is 5.97. The summed E-state index contributed by atoms with van der Waals surface area (Å²) in [6.07, 6.45) is 0.225. The first-order chi connectivity index (χ1) is 28.3. The van der Waals surface area contributed by atoms with Crippen molar-refractivity contribution in [3.8, 4) is 0 Å². The Hall–Kier alpha value is -6.86. The first-order valence-electron chi connectivity index (χ1n) is 18.8. The van der Waals surface area contributed by atoms with Gasteiger partial charge in [-0.15, -0.1) is 0 Å². The van der Waals surface area contributed by atoms with Crippen LogP contribution in [0.15, 0.2) is 96.0 Å². The van der Waals surface area contributed by atoms with E-state index in [0.29, 0.717) is 11.1 Å². The van der Waals surface area contributed by atoms with Crippen molar-refractivity contribution in [3.05, 3.63) is 108 Å². The number of benzene rings is 3. The predicted octanol–water partition coefficient (Wildman–Crippen LogP) is -3.26. The molecule has 7 amide bonds. The van der Waals surface area contributed by atoms with E-state index < -0.39 is 84.7 Å². The highest BCUT2D eigenvalue weighted by Gasteiger charge is 2.32. The number of nitrogens with two attached hydrogens (primary N) is 4. The molecule has 3 aromatic carbocycles. The lowest BCUT2D eigenvalue weighted by Gasteiger charge is -2.27. The van der Waals surface area contributed by atoms with Crippen molar-refractivity contribution < 1.29 is 38.7 Å². The van der Waals surface area contributed by atoms with Gasteiger partial charge in [0, 0.05) is 25.8 Å². The summed E-state index contributed by atoms with van der Waals surface area (Å²) in [5.74, 6) is -5.62. The fourth-order valence-electron chi connectivity index (χ4n) is 5.74. The van der Waals surface area contributed by atoms with E-state index >= 15 is 0 Å². The monoisotopic (exact) mass is 815 g/mol. The third-order valence-electron chi connectivity index (χ3n) is 8.82. The van der Waals surface area contributed by atoms with E-state index in [0.717, 1.165) is 5.56 Å². The molecule has 15 N–H and O–H groups in total. The number of aliphatic hydroxyl groups is 1. The molecule has 5 atom stereocenters. The van der Waals surface area contributed by atoms with Gasteiger partial charge >= 0.3 is 0 Å². The van der Waals surface area contributed by atoms with Gasteiger partial charge in [-0.05, 0) is 29.5 Å². The topological polar surface area (TPSA) is 328 Å². The number of amides is 7. The summed E-state index contributed by atoms with van der Waals surface area (Å²) in [5, 5.41) is 25.4. The Morgan fingerprint density at radius 1 is 0.542 bits per heavy atom. The highest BCUT2D eigenvalue weighted by Crippen LogP contribution is 2.09. The average Bonchev–Trinajstić information content (AvgIpc) is 3.22. The molecule has 3 rings (SSSR count). The summed E-state index contributed by atoms with van der Waals surface area (Å²) in [7, 11) is 0. The van der Waals surface area contributed by atoms with Gasteiger partial charge in [-0.2, -0.15) is 0 Å². The smallest absolute Gasteiger partial charge is 0.245 e. The normalized spacial score (nSPS) is 13.2. The van der Waals surface area contributed by atoms with Gasteiger partial charge in [-0.3, -0.25) is 38.6 Å². The summed E-state index contributed by atoms with van der Waals surface area (Å²) in [6.45, 7) is -1.61. The third kappa shape index (κ3) is 17.0. The molecule has 0 fully saturated rings. The number of nitrogens with one attached hydrogen (secondary N) is 6. The molecule has 0 aliphatic heterocycles. The number of aliphatic hydroxyl groups excluding tert-OH is 1. The maximum atomic E-state index is 14.0. The Bertz CT molecular complexity index is 1880.